The van der Waals surface area contributed by atoms with Gasteiger partial charge in [-0.05, 0) is 62.2 Å². The van der Waals surface area contributed by atoms with Gasteiger partial charge in [-0.25, -0.2) is 9.59 Å². The molecule has 2 aromatic rings. The second kappa shape index (κ2) is 9.08. The van der Waals surface area contributed by atoms with E-state index in [2.05, 4.69) is 5.32 Å². The van der Waals surface area contributed by atoms with Gasteiger partial charge in [0.15, 0.2) is 5.78 Å². The average Bonchev–Trinajstić information content (AvgIpc) is 3.15. The Kier molecular flexibility index (Phi) is 6.03. The number of nitrogens with two attached hydrogens (primary N) is 1. The summed E-state index contributed by atoms with van der Waals surface area (Å²) >= 11 is 6.32. The number of rotatable bonds is 4. The Bertz CT molecular complexity index is 1430. The van der Waals surface area contributed by atoms with Gasteiger partial charge < -0.3 is 20.5 Å². The molecule has 0 fully saturated rings. The number of hydrogen-bond donors (Lipinski definition) is 2. The first-order valence-corrected chi connectivity index (χ1v) is 12.2. The summed E-state index contributed by atoms with van der Waals surface area (Å²) in [6.07, 6.45) is 1.17. The fourth-order valence-corrected chi connectivity index (χ4v) is 5.61. The number of fused-ring (bicyclic) bond motifs is 3. The molecule has 2 heterocycles. The van der Waals surface area contributed by atoms with Gasteiger partial charge >= 0.3 is 11.9 Å². The molecule has 0 saturated carbocycles. The van der Waals surface area contributed by atoms with Crippen molar-refractivity contribution in [3.63, 3.8) is 0 Å². The number of nitrogens with zero attached hydrogens (tertiary/aromatic N) is 1. The van der Waals surface area contributed by atoms with Crippen molar-refractivity contribution in [3.8, 4) is 0 Å². The van der Waals surface area contributed by atoms with Crippen LogP contribution in [0.15, 0.2) is 65.1 Å². The first kappa shape index (κ1) is 24.6. The number of amides is 1. The number of Topliss-reactive ketones (excluding diaryl/α,β-unsaturated/α-hetero) is 1. The third kappa shape index (κ3) is 3.53. The summed E-state index contributed by atoms with van der Waals surface area (Å²) in [5.41, 5.74) is 7.03. The van der Waals surface area contributed by atoms with Crippen LogP contribution in [0.25, 0.3) is 0 Å². The fraction of sp³-hybridized carbons (Fsp3) is 0.259. The standard InChI is InChI=1S/C27H24ClN3O6/c1-3-37-24(33)14-7-10-16(11-8-14)31-19-5-4-6-20(32)21(19)27(22(23(31)29)25(34)36-2)17-13-15(28)9-12-18(17)30-26(27)35/h7-13H,3-6,29H2,1-2H3,(H,30,35). The minimum Gasteiger partial charge on any atom is -0.466 e. The van der Waals surface area contributed by atoms with Gasteiger partial charge in [-0.1, -0.05) is 11.6 Å². The van der Waals surface area contributed by atoms with Crippen molar-refractivity contribution in [2.24, 2.45) is 5.73 Å². The van der Waals surface area contributed by atoms with Crippen molar-refractivity contribution >= 4 is 46.6 Å². The third-order valence-corrected chi connectivity index (χ3v) is 7.14. The predicted octanol–water partition coefficient (Wildman–Crippen LogP) is 3.58. The van der Waals surface area contributed by atoms with Gasteiger partial charge in [-0.3, -0.25) is 14.5 Å². The lowest BCUT2D eigenvalue weighted by atomic mass is 9.63. The Morgan fingerprint density at radius 1 is 1.11 bits per heavy atom. The summed E-state index contributed by atoms with van der Waals surface area (Å²) in [5, 5.41) is 3.14. The summed E-state index contributed by atoms with van der Waals surface area (Å²) in [6, 6.07) is 11.3. The molecule has 1 unspecified atom stereocenters. The minimum absolute atomic E-state index is 0.0489. The van der Waals surface area contributed by atoms with Crippen LogP contribution in [0.1, 0.15) is 42.1 Å². The number of benzene rings is 2. The van der Waals surface area contributed by atoms with Crippen molar-refractivity contribution in [1.29, 1.82) is 0 Å². The van der Waals surface area contributed by atoms with Crippen LogP contribution in [0.2, 0.25) is 5.02 Å². The molecule has 0 saturated heterocycles. The largest absolute Gasteiger partial charge is 0.466 e. The molecule has 190 valence electrons. The maximum atomic E-state index is 13.8. The minimum atomic E-state index is -1.81. The van der Waals surface area contributed by atoms with Crippen molar-refractivity contribution < 1.29 is 28.7 Å². The maximum absolute atomic E-state index is 13.8. The van der Waals surface area contributed by atoms with E-state index in [-0.39, 0.29) is 35.8 Å². The highest BCUT2D eigenvalue weighted by atomic mass is 35.5. The topological polar surface area (TPSA) is 128 Å². The van der Waals surface area contributed by atoms with E-state index < -0.39 is 23.3 Å². The molecule has 10 heteroatoms. The zero-order valence-corrected chi connectivity index (χ0v) is 21.0. The highest BCUT2D eigenvalue weighted by Crippen LogP contribution is 2.55. The maximum Gasteiger partial charge on any atom is 0.339 e. The molecule has 2 aromatic carbocycles. The van der Waals surface area contributed by atoms with Gasteiger partial charge in [-0.15, -0.1) is 0 Å². The first-order chi connectivity index (χ1) is 17.7. The van der Waals surface area contributed by atoms with Crippen molar-refractivity contribution in [2.75, 3.05) is 23.9 Å². The number of carbonyl (C=O) groups is 4. The van der Waals surface area contributed by atoms with Gasteiger partial charge in [0, 0.05) is 39.7 Å². The molecule has 1 aliphatic carbocycles. The number of halogens is 1. The van der Waals surface area contributed by atoms with E-state index in [9.17, 15) is 19.2 Å². The highest BCUT2D eigenvalue weighted by molar-refractivity contribution is 6.31. The first-order valence-electron chi connectivity index (χ1n) is 11.8. The summed E-state index contributed by atoms with van der Waals surface area (Å²) in [7, 11) is 1.19. The van der Waals surface area contributed by atoms with Crippen LogP contribution in [-0.4, -0.2) is 37.3 Å². The van der Waals surface area contributed by atoms with Gasteiger partial charge in [0.1, 0.15) is 16.8 Å². The van der Waals surface area contributed by atoms with Gasteiger partial charge in [0.05, 0.1) is 19.3 Å². The van der Waals surface area contributed by atoms with E-state index in [4.69, 9.17) is 26.8 Å². The van der Waals surface area contributed by atoms with Crippen molar-refractivity contribution in [1.82, 2.24) is 0 Å². The Morgan fingerprint density at radius 3 is 2.51 bits per heavy atom. The lowest BCUT2D eigenvalue weighted by Crippen LogP contribution is -2.53. The summed E-state index contributed by atoms with van der Waals surface area (Å²) in [6.45, 7) is 1.95. The number of esters is 2. The number of ether oxygens (including phenoxy) is 2. The molecule has 0 radical (unpaired) electrons. The second-order valence-electron chi connectivity index (χ2n) is 8.85. The Morgan fingerprint density at radius 2 is 1.84 bits per heavy atom. The quantitative estimate of drug-likeness (QED) is 0.584. The lowest BCUT2D eigenvalue weighted by molar-refractivity contribution is -0.138. The van der Waals surface area contributed by atoms with E-state index in [0.717, 1.165) is 0 Å². The normalized spacial score (nSPS) is 20.6. The second-order valence-corrected chi connectivity index (χ2v) is 9.28. The van der Waals surface area contributed by atoms with Crippen LogP contribution in [0.5, 0.6) is 0 Å². The SMILES string of the molecule is CCOC(=O)c1ccc(N2C(N)=C(C(=O)OC)C3(C(=O)Nc4ccc(Cl)cc43)C3=C2CCCC3=O)cc1. The van der Waals surface area contributed by atoms with Gasteiger partial charge in [0.25, 0.3) is 0 Å². The lowest BCUT2D eigenvalue weighted by Gasteiger charge is -2.44. The van der Waals surface area contributed by atoms with Gasteiger partial charge in [-0.2, -0.15) is 0 Å². The molecule has 1 spiro atoms. The molecule has 9 nitrogen and oxygen atoms in total. The monoisotopic (exact) mass is 521 g/mol. The molecule has 3 N–H and O–H groups in total. The molecule has 0 bridgehead atoms. The van der Waals surface area contributed by atoms with Crippen LogP contribution in [0, 0.1) is 0 Å². The van der Waals surface area contributed by atoms with Gasteiger partial charge in [0.2, 0.25) is 5.91 Å². The third-order valence-electron chi connectivity index (χ3n) is 6.90. The molecule has 2 aliphatic heterocycles. The van der Waals surface area contributed by atoms with E-state index in [1.807, 2.05) is 0 Å². The van der Waals surface area contributed by atoms with E-state index >= 15 is 0 Å². The number of methoxy groups -OCH3 is 1. The van der Waals surface area contributed by atoms with E-state index in [1.165, 1.54) is 7.11 Å². The van der Waals surface area contributed by atoms with Crippen LogP contribution in [0.4, 0.5) is 11.4 Å². The Balaban J connectivity index is 1.80. The van der Waals surface area contributed by atoms with Crippen LogP contribution >= 0.6 is 11.6 Å². The molecular formula is C27H24ClN3O6. The predicted molar refractivity (Wildman–Crippen MR) is 136 cm³/mol. The number of anilines is 2. The van der Waals surface area contributed by atoms with Crippen molar-refractivity contribution in [2.45, 2.75) is 31.6 Å². The Hall–Kier alpha value is -4.11. The van der Waals surface area contributed by atoms with Crippen molar-refractivity contribution in [3.05, 3.63) is 81.3 Å². The fourth-order valence-electron chi connectivity index (χ4n) is 5.44. The molecule has 5 rings (SSSR count). The van der Waals surface area contributed by atoms with E-state index in [0.29, 0.717) is 46.1 Å². The summed E-state index contributed by atoms with van der Waals surface area (Å²) in [4.78, 5) is 54.5. The molecule has 0 aromatic heterocycles. The molecular weight excluding hydrogens is 498 g/mol. The van der Waals surface area contributed by atoms with Crippen LogP contribution in [-0.2, 0) is 29.3 Å². The Labute approximate surface area is 217 Å². The zero-order valence-electron chi connectivity index (χ0n) is 20.2. The molecule has 1 amide bonds. The average molecular weight is 522 g/mol. The van der Waals surface area contributed by atoms with Crippen LogP contribution < -0.4 is 16.0 Å². The summed E-state index contributed by atoms with van der Waals surface area (Å²) in [5.74, 6) is -2.22. The zero-order chi connectivity index (χ0) is 26.5. The number of nitrogens with one attached hydrogen (secondary N) is 1. The molecule has 3 aliphatic rings. The number of hydrogen-bond acceptors (Lipinski definition) is 8. The summed E-state index contributed by atoms with van der Waals surface area (Å²) < 4.78 is 10.2. The molecule has 37 heavy (non-hydrogen) atoms. The number of ketones is 1. The van der Waals surface area contributed by atoms with Crippen LogP contribution in [0.3, 0.4) is 0 Å². The highest BCUT2D eigenvalue weighted by Gasteiger charge is 2.62. The number of carbonyl (C=O) groups excluding carboxylic acids is 4. The van der Waals surface area contributed by atoms with E-state index in [1.54, 1.807) is 54.3 Å². The smallest absolute Gasteiger partial charge is 0.339 e. The molecule has 1 atom stereocenters. The number of allylic oxidation sites excluding steroid dienone is 1.